The number of aromatic nitrogens is 1. The topological polar surface area (TPSA) is 90.9 Å². The Bertz CT molecular complexity index is 1720. The average molecular weight is 686 g/mol. The Labute approximate surface area is 294 Å². The van der Waals surface area contributed by atoms with Gasteiger partial charge in [-0.1, -0.05) is 31.5 Å². The number of nitrogens with one attached hydrogen (secondary N) is 2. The van der Waals surface area contributed by atoms with Crippen molar-refractivity contribution in [1.29, 1.82) is 0 Å². The smallest absolute Gasteiger partial charge is 0.331 e. The van der Waals surface area contributed by atoms with Crippen molar-refractivity contribution in [3.8, 4) is 17.2 Å². The fourth-order valence-corrected chi connectivity index (χ4v) is 9.86. The van der Waals surface area contributed by atoms with Gasteiger partial charge in [0.2, 0.25) is 0 Å². The normalized spacial score (nSPS) is 30.2. The van der Waals surface area contributed by atoms with E-state index in [1.807, 2.05) is 30.5 Å². The van der Waals surface area contributed by atoms with Gasteiger partial charge in [-0.15, -0.1) is 0 Å². The van der Waals surface area contributed by atoms with Crippen molar-refractivity contribution in [2.24, 2.45) is 11.8 Å². The molecule has 5 atom stereocenters. The van der Waals surface area contributed by atoms with E-state index in [0.717, 1.165) is 68.1 Å². The fraction of sp³-hybridized carbons (Fsp3) is 0.550. The van der Waals surface area contributed by atoms with E-state index in [1.54, 1.807) is 0 Å². The predicted octanol–water partition coefficient (Wildman–Crippen LogP) is 7.40. The summed E-state index contributed by atoms with van der Waals surface area (Å²) in [5, 5.41) is 7.62. The van der Waals surface area contributed by atoms with Gasteiger partial charge >= 0.3 is 5.97 Å². The summed E-state index contributed by atoms with van der Waals surface area (Å²) in [6.07, 6.45) is 10.4. The lowest BCUT2D eigenvalue weighted by Gasteiger charge is -2.48. The third-order valence-electron chi connectivity index (χ3n) is 12.2. The van der Waals surface area contributed by atoms with Crippen molar-refractivity contribution in [2.75, 3.05) is 32.1 Å². The van der Waals surface area contributed by atoms with Crippen molar-refractivity contribution in [3.05, 3.63) is 76.1 Å². The molecule has 2 aliphatic heterocycles. The van der Waals surface area contributed by atoms with Crippen LogP contribution in [-0.4, -0.2) is 55.5 Å². The molecule has 2 fully saturated rings. The van der Waals surface area contributed by atoms with Crippen LogP contribution in [0, 0.1) is 11.8 Å². The number of rotatable bonds is 8. The maximum Gasteiger partial charge on any atom is 0.331 e. The van der Waals surface area contributed by atoms with Gasteiger partial charge in [-0.3, -0.25) is 4.98 Å². The first-order valence-electron chi connectivity index (χ1n) is 18.2. The molecule has 1 aromatic heterocycles. The van der Waals surface area contributed by atoms with E-state index in [2.05, 4.69) is 47.7 Å². The number of nitrogens with zero attached hydrogens (tertiary/aromatic N) is 1. The molecule has 9 heteroatoms. The molecule has 2 N–H and O–H groups in total. The second-order valence-electron chi connectivity index (χ2n) is 15.3. The minimum atomic E-state index is -0.833. The molecule has 260 valence electrons. The number of pyridine rings is 1. The van der Waals surface area contributed by atoms with Crippen LogP contribution in [0.5, 0.6) is 17.2 Å². The molecule has 49 heavy (non-hydrogen) atoms. The Morgan fingerprint density at radius 1 is 1.10 bits per heavy atom. The zero-order valence-corrected chi connectivity index (χ0v) is 29.6. The lowest BCUT2D eigenvalue weighted by Crippen LogP contribution is -2.53. The van der Waals surface area contributed by atoms with Crippen LogP contribution in [0.15, 0.2) is 48.7 Å². The van der Waals surface area contributed by atoms with Gasteiger partial charge in [-0.2, -0.15) is 0 Å². The van der Waals surface area contributed by atoms with Crippen molar-refractivity contribution in [3.63, 3.8) is 0 Å². The summed E-state index contributed by atoms with van der Waals surface area (Å²) in [6.45, 7) is 6.88. The summed E-state index contributed by atoms with van der Waals surface area (Å²) in [6, 6.07) is 14.2. The van der Waals surface area contributed by atoms with E-state index < -0.39 is 5.54 Å². The minimum absolute atomic E-state index is 0.0257. The molecule has 3 heterocycles. The van der Waals surface area contributed by atoms with Crippen LogP contribution in [-0.2, 0) is 27.8 Å². The minimum Gasteiger partial charge on any atom is -0.493 e. The molecule has 2 aromatic carbocycles. The predicted molar refractivity (Wildman–Crippen MR) is 190 cm³/mol. The molecule has 0 unspecified atom stereocenters. The molecule has 1 spiro atoms. The Hall–Kier alpha value is -3.49. The van der Waals surface area contributed by atoms with Gasteiger partial charge in [0.05, 0.1) is 13.7 Å². The highest BCUT2D eigenvalue weighted by molar-refractivity contribution is 6.30. The van der Waals surface area contributed by atoms with Crippen LogP contribution in [0.25, 0.3) is 0 Å². The Morgan fingerprint density at radius 3 is 2.63 bits per heavy atom. The molecule has 0 amide bonds. The number of carbonyl (C=O) groups is 1. The van der Waals surface area contributed by atoms with Crippen LogP contribution >= 0.6 is 11.6 Å². The Morgan fingerprint density at radius 2 is 1.88 bits per heavy atom. The molecule has 1 saturated carbocycles. The molecule has 0 bridgehead atoms. The van der Waals surface area contributed by atoms with E-state index in [0.29, 0.717) is 42.2 Å². The highest BCUT2D eigenvalue weighted by atomic mass is 35.5. The van der Waals surface area contributed by atoms with Gasteiger partial charge < -0.3 is 29.6 Å². The molecular formula is C40H48ClN3O5. The average Bonchev–Trinajstić information content (AvgIpc) is 3.67. The number of hydrogen-bond donors (Lipinski definition) is 2. The van der Waals surface area contributed by atoms with Gasteiger partial charge in [-0.05, 0) is 128 Å². The van der Waals surface area contributed by atoms with Crippen molar-refractivity contribution < 1.29 is 23.7 Å². The number of methoxy groups -OCH3 is 1. The zero-order valence-electron chi connectivity index (χ0n) is 28.9. The summed E-state index contributed by atoms with van der Waals surface area (Å²) < 4.78 is 25.1. The first-order chi connectivity index (χ1) is 23.8. The number of ether oxygens (including phenoxy) is 4. The maximum absolute atomic E-state index is 13.5. The van der Waals surface area contributed by atoms with Crippen molar-refractivity contribution >= 4 is 23.3 Å². The molecule has 3 aliphatic carbocycles. The number of esters is 1. The quantitative estimate of drug-likeness (QED) is 0.237. The second kappa shape index (κ2) is 13.0. The van der Waals surface area contributed by atoms with E-state index >= 15 is 0 Å². The van der Waals surface area contributed by atoms with E-state index in [-0.39, 0.29) is 23.6 Å². The highest BCUT2D eigenvalue weighted by Gasteiger charge is 2.55. The Kier molecular flexibility index (Phi) is 8.68. The van der Waals surface area contributed by atoms with Crippen LogP contribution in [0.1, 0.15) is 87.1 Å². The Balaban J connectivity index is 1.07. The first-order valence-corrected chi connectivity index (χ1v) is 18.6. The first kappa shape index (κ1) is 32.7. The largest absolute Gasteiger partial charge is 0.493 e. The lowest BCUT2D eigenvalue weighted by atomic mass is 9.59. The molecule has 1 saturated heterocycles. The molecular weight excluding hydrogens is 638 g/mol. The molecule has 8 rings (SSSR count). The maximum atomic E-state index is 13.5. The van der Waals surface area contributed by atoms with Crippen LogP contribution in [0.2, 0.25) is 5.02 Å². The summed E-state index contributed by atoms with van der Waals surface area (Å²) in [4.78, 5) is 18.2. The number of hydrogen-bond acceptors (Lipinski definition) is 8. The van der Waals surface area contributed by atoms with Gasteiger partial charge in [0.15, 0.2) is 11.5 Å². The standard InChI is InChI=1S/C40H48ClN3O5/c1-24(23-47-32-10-15-43-31-9-4-6-25(2)37(31)32)16-27-17-26-18-33-34(49-36-22-42-21-35(36)48-33)20-30(26)39(27)11-13-40(14-12-39,38(45)46-3)44-29-8-5-7-28(41)19-29/h5,7-8,10,15,18-20,24-25,27,35-36,42,44H,4,6,9,11-14,16-17,21-23H2,1-3H3/t24-,25-,27+,35+,36-,39?,40?/m1/s1. The van der Waals surface area contributed by atoms with E-state index in [9.17, 15) is 4.79 Å². The molecule has 8 nitrogen and oxygen atoms in total. The third kappa shape index (κ3) is 5.93. The van der Waals surface area contributed by atoms with Crippen LogP contribution < -0.4 is 24.8 Å². The zero-order chi connectivity index (χ0) is 33.8. The van der Waals surface area contributed by atoms with Gasteiger partial charge in [0, 0.05) is 41.3 Å². The van der Waals surface area contributed by atoms with Crippen molar-refractivity contribution in [2.45, 2.75) is 101 Å². The van der Waals surface area contributed by atoms with E-state index in [4.69, 9.17) is 30.5 Å². The fourth-order valence-electron chi connectivity index (χ4n) is 9.67. The number of halogens is 1. The summed E-state index contributed by atoms with van der Waals surface area (Å²) >= 11 is 6.35. The molecule has 3 aromatic rings. The summed E-state index contributed by atoms with van der Waals surface area (Å²) in [5.74, 6) is 3.67. The van der Waals surface area contributed by atoms with Gasteiger partial charge in [0.25, 0.3) is 0 Å². The molecule has 0 radical (unpaired) electrons. The third-order valence-corrected chi connectivity index (χ3v) is 12.4. The van der Waals surface area contributed by atoms with Crippen molar-refractivity contribution in [1.82, 2.24) is 10.3 Å². The number of anilines is 1. The van der Waals surface area contributed by atoms with Crippen LogP contribution in [0.4, 0.5) is 5.69 Å². The van der Waals surface area contributed by atoms with Crippen LogP contribution in [0.3, 0.4) is 0 Å². The number of benzene rings is 2. The van der Waals surface area contributed by atoms with Gasteiger partial charge in [0.1, 0.15) is 23.5 Å². The number of fused-ring (bicyclic) bond motifs is 5. The summed E-state index contributed by atoms with van der Waals surface area (Å²) in [7, 11) is 1.49. The second-order valence-corrected chi connectivity index (χ2v) is 15.7. The highest BCUT2D eigenvalue weighted by Crippen LogP contribution is 2.58. The SMILES string of the molecule is COC(=O)C1(Nc2cccc(Cl)c2)CCC2(CC1)c1cc3c(cc1C[C@@H]2C[C@@H](C)COc1ccnc2c1[C@H](C)CCC2)O[C@H]1CNC[C@H]1O3. The number of carbonyl (C=O) groups excluding carboxylic acids is 1. The van der Waals surface area contributed by atoms with E-state index in [1.165, 1.54) is 42.3 Å². The lowest BCUT2D eigenvalue weighted by molar-refractivity contribution is -0.148. The monoisotopic (exact) mass is 685 g/mol. The van der Waals surface area contributed by atoms with Gasteiger partial charge in [-0.25, -0.2) is 4.79 Å². The summed E-state index contributed by atoms with van der Waals surface area (Å²) in [5.41, 5.74) is 5.09. The molecule has 5 aliphatic rings. The number of aryl methyl sites for hydroxylation is 1.